The van der Waals surface area contributed by atoms with Crippen LogP contribution in [0.15, 0.2) is 23.1 Å². The number of hydroxylamine groups is 1. The molecule has 1 aromatic rings. The van der Waals surface area contributed by atoms with E-state index in [-0.39, 0.29) is 17.0 Å². The molecule has 1 N–H and O–H groups in total. The van der Waals surface area contributed by atoms with Crippen LogP contribution < -0.4 is 0 Å². The summed E-state index contributed by atoms with van der Waals surface area (Å²) in [6.45, 7) is 0.645. The summed E-state index contributed by atoms with van der Waals surface area (Å²) in [5, 5.41) is 9.02. The minimum absolute atomic E-state index is 0.0290. The van der Waals surface area contributed by atoms with E-state index in [0.717, 1.165) is 23.4 Å². The molecule has 1 saturated heterocycles. The first-order chi connectivity index (χ1) is 8.93. The molecule has 1 aliphatic rings. The molecule has 104 valence electrons. The van der Waals surface area contributed by atoms with E-state index in [4.69, 9.17) is 9.94 Å². The van der Waals surface area contributed by atoms with Gasteiger partial charge in [-0.3, -0.25) is 4.84 Å². The van der Waals surface area contributed by atoms with Gasteiger partial charge in [0, 0.05) is 10.1 Å². The molecule has 1 aliphatic heterocycles. The fourth-order valence-electron chi connectivity index (χ4n) is 1.71. The van der Waals surface area contributed by atoms with E-state index in [1.165, 1.54) is 12.1 Å². The molecule has 8 heteroatoms. The Balaban J connectivity index is 2.40. The van der Waals surface area contributed by atoms with Crippen LogP contribution in [0.3, 0.4) is 0 Å². The Labute approximate surface area is 124 Å². The zero-order chi connectivity index (χ0) is 14.0. The fraction of sp³-hybridized carbons (Fsp3) is 0.364. The molecule has 0 bridgehead atoms. The van der Waals surface area contributed by atoms with Crippen molar-refractivity contribution in [3.8, 4) is 0 Å². The van der Waals surface area contributed by atoms with Crippen molar-refractivity contribution in [1.29, 1.82) is 0 Å². The number of hydrogen-bond acceptors (Lipinski definition) is 4. The molecule has 0 unspecified atom stereocenters. The molecule has 0 atom stereocenters. The first-order valence-corrected chi connectivity index (χ1v) is 8.13. The van der Waals surface area contributed by atoms with Gasteiger partial charge in [-0.2, -0.15) is 0 Å². The monoisotopic (exact) mass is 397 g/mol. The smallest absolute Gasteiger partial charge is 0.336 e. The fourth-order valence-corrected chi connectivity index (χ4v) is 3.60. The van der Waals surface area contributed by atoms with E-state index in [2.05, 4.69) is 0 Å². The minimum atomic E-state index is -3.79. The molecule has 0 aliphatic carbocycles. The summed E-state index contributed by atoms with van der Waals surface area (Å²) in [6.07, 6.45) is 1.55. The molecule has 1 heterocycles. The van der Waals surface area contributed by atoms with Crippen LogP contribution in [0.25, 0.3) is 0 Å². The van der Waals surface area contributed by atoms with Gasteiger partial charge in [0.25, 0.3) is 10.0 Å². The lowest BCUT2D eigenvalue weighted by Gasteiger charge is -2.25. The summed E-state index contributed by atoms with van der Waals surface area (Å²) < 4.78 is 26.0. The summed E-state index contributed by atoms with van der Waals surface area (Å²) in [5.41, 5.74) is -0.0290. The van der Waals surface area contributed by atoms with Gasteiger partial charge in [0.1, 0.15) is 0 Å². The van der Waals surface area contributed by atoms with Crippen LogP contribution in [0.4, 0.5) is 0 Å². The van der Waals surface area contributed by atoms with Crippen molar-refractivity contribution in [2.75, 3.05) is 13.2 Å². The first kappa shape index (κ1) is 14.7. The highest BCUT2D eigenvalue weighted by Gasteiger charge is 2.28. The maximum Gasteiger partial charge on any atom is 0.336 e. The van der Waals surface area contributed by atoms with Gasteiger partial charge < -0.3 is 5.11 Å². The highest BCUT2D eigenvalue weighted by atomic mass is 127. The molecule has 0 aromatic heterocycles. The predicted octanol–water partition coefficient (Wildman–Crippen LogP) is 1.71. The second-order valence-corrected chi connectivity index (χ2v) is 7.01. The first-order valence-electron chi connectivity index (χ1n) is 5.61. The second kappa shape index (κ2) is 5.73. The molecule has 0 spiro atoms. The molecular formula is C11H12INO5S. The van der Waals surface area contributed by atoms with Crippen molar-refractivity contribution in [3.63, 3.8) is 0 Å². The van der Waals surface area contributed by atoms with Gasteiger partial charge in [-0.05, 0) is 53.6 Å². The van der Waals surface area contributed by atoms with Crippen molar-refractivity contribution < 1.29 is 23.2 Å². The van der Waals surface area contributed by atoms with Crippen LogP contribution in [-0.4, -0.2) is 37.1 Å². The quantitative estimate of drug-likeness (QED) is 0.786. The molecule has 1 fully saturated rings. The minimum Gasteiger partial charge on any atom is -0.478 e. The van der Waals surface area contributed by atoms with Crippen molar-refractivity contribution in [1.82, 2.24) is 4.47 Å². The molecule has 0 radical (unpaired) electrons. The number of rotatable bonds is 3. The Morgan fingerprint density at radius 2 is 2.11 bits per heavy atom. The SMILES string of the molecule is O=C(O)c1cc(S(=O)(=O)N2CCCCO2)ccc1I. The van der Waals surface area contributed by atoms with Gasteiger partial charge >= 0.3 is 5.97 Å². The van der Waals surface area contributed by atoms with Gasteiger partial charge in [0.05, 0.1) is 17.1 Å². The van der Waals surface area contributed by atoms with Crippen LogP contribution >= 0.6 is 22.6 Å². The highest BCUT2D eigenvalue weighted by Crippen LogP contribution is 2.23. The zero-order valence-corrected chi connectivity index (χ0v) is 12.8. The Kier molecular flexibility index (Phi) is 4.43. The van der Waals surface area contributed by atoms with E-state index in [1.54, 1.807) is 0 Å². The third kappa shape index (κ3) is 3.07. The van der Waals surface area contributed by atoms with E-state index in [1.807, 2.05) is 22.6 Å². The van der Waals surface area contributed by atoms with Crippen molar-refractivity contribution in [2.45, 2.75) is 17.7 Å². The van der Waals surface area contributed by atoms with Crippen molar-refractivity contribution >= 4 is 38.6 Å². The average Bonchev–Trinajstić information content (AvgIpc) is 2.39. The molecule has 0 saturated carbocycles. The number of carboxylic acid groups (broad SMARTS) is 1. The van der Waals surface area contributed by atoms with Crippen LogP contribution in [0.2, 0.25) is 0 Å². The normalized spacial score (nSPS) is 17.3. The number of hydrogen-bond donors (Lipinski definition) is 1. The summed E-state index contributed by atoms with van der Waals surface area (Å²) in [5.74, 6) is -1.15. The number of halogens is 1. The van der Waals surface area contributed by atoms with Crippen LogP contribution in [0.1, 0.15) is 23.2 Å². The average molecular weight is 397 g/mol. The summed E-state index contributed by atoms with van der Waals surface area (Å²) in [4.78, 5) is 16.1. The van der Waals surface area contributed by atoms with Crippen LogP contribution in [0, 0.1) is 3.57 Å². The molecule has 0 amide bonds. The van der Waals surface area contributed by atoms with Crippen LogP contribution in [-0.2, 0) is 14.9 Å². The van der Waals surface area contributed by atoms with Crippen LogP contribution in [0.5, 0.6) is 0 Å². The molecule has 1 aromatic carbocycles. The van der Waals surface area contributed by atoms with Gasteiger partial charge in [-0.25, -0.2) is 13.2 Å². The number of aromatic carboxylic acids is 1. The van der Waals surface area contributed by atoms with E-state index in [0.29, 0.717) is 10.2 Å². The van der Waals surface area contributed by atoms with Gasteiger partial charge in [-0.1, -0.05) is 4.47 Å². The third-order valence-electron chi connectivity index (χ3n) is 2.70. The van der Waals surface area contributed by atoms with Gasteiger partial charge in [0.15, 0.2) is 0 Å². The molecule has 2 rings (SSSR count). The lowest BCUT2D eigenvalue weighted by molar-refractivity contribution is -0.108. The van der Waals surface area contributed by atoms with E-state index < -0.39 is 16.0 Å². The Morgan fingerprint density at radius 1 is 1.37 bits per heavy atom. The van der Waals surface area contributed by atoms with Crippen molar-refractivity contribution in [3.05, 3.63) is 27.3 Å². The van der Waals surface area contributed by atoms with E-state index in [9.17, 15) is 13.2 Å². The van der Waals surface area contributed by atoms with Crippen molar-refractivity contribution in [2.24, 2.45) is 0 Å². The maximum atomic E-state index is 12.3. The Bertz CT molecular complexity index is 595. The number of carbonyl (C=O) groups is 1. The largest absolute Gasteiger partial charge is 0.478 e. The maximum absolute atomic E-state index is 12.3. The lowest BCUT2D eigenvalue weighted by atomic mass is 10.2. The topological polar surface area (TPSA) is 83.9 Å². The molecule has 6 nitrogen and oxygen atoms in total. The predicted molar refractivity (Wildman–Crippen MR) is 75.2 cm³/mol. The number of nitrogens with zero attached hydrogens (tertiary/aromatic N) is 1. The number of carboxylic acids is 1. The molecule has 19 heavy (non-hydrogen) atoms. The second-order valence-electron chi connectivity index (χ2n) is 4.02. The summed E-state index contributed by atoms with van der Waals surface area (Å²) in [7, 11) is -3.79. The highest BCUT2D eigenvalue weighted by molar-refractivity contribution is 14.1. The molecular weight excluding hydrogens is 385 g/mol. The van der Waals surface area contributed by atoms with Gasteiger partial charge in [0.2, 0.25) is 0 Å². The third-order valence-corrected chi connectivity index (χ3v) is 5.32. The summed E-state index contributed by atoms with van der Waals surface area (Å²) in [6, 6.07) is 4.03. The Hall–Kier alpha value is -0.710. The number of sulfonamides is 1. The standard InChI is InChI=1S/C11H12INO5S/c12-10-4-3-8(7-9(10)11(14)15)19(16,17)13-5-1-2-6-18-13/h3-4,7H,1-2,5-6H2,(H,14,15). The van der Waals surface area contributed by atoms with E-state index >= 15 is 0 Å². The van der Waals surface area contributed by atoms with Gasteiger partial charge in [-0.15, -0.1) is 0 Å². The lowest BCUT2D eigenvalue weighted by Crippen LogP contribution is -2.35. The summed E-state index contributed by atoms with van der Waals surface area (Å²) >= 11 is 1.85. The Morgan fingerprint density at radius 3 is 2.68 bits per heavy atom. The zero-order valence-electron chi connectivity index (χ0n) is 9.87. The number of benzene rings is 1.